The van der Waals surface area contributed by atoms with Crippen LogP contribution in [0.25, 0.3) is 0 Å². The summed E-state index contributed by atoms with van der Waals surface area (Å²) in [6.45, 7) is 13.1. The minimum Gasteiger partial charge on any atom is -0.506 e. The number of phenols is 1. The summed E-state index contributed by atoms with van der Waals surface area (Å²) in [5.74, 6) is 0.173. The molecule has 2 aromatic rings. The van der Waals surface area contributed by atoms with Crippen molar-refractivity contribution < 1.29 is 5.11 Å². The molecule has 128 valence electrons. The summed E-state index contributed by atoms with van der Waals surface area (Å²) in [5, 5.41) is 18.6. The number of rotatable bonds is 3. The first-order chi connectivity index (χ1) is 11.0. The minimum absolute atomic E-state index is 0.122. The summed E-state index contributed by atoms with van der Waals surface area (Å²) in [7, 11) is 0. The third-order valence-electron chi connectivity index (χ3n) is 3.78. The molecule has 0 atom stereocenters. The predicted octanol–water partition coefficient (Wildman–Crippen LogP) is 6.69. The molecular formula is C21H28N2O. The number of benzene rings is 2. The maximum atomic E-state index is 10.2. The summed E-state index contributed by atoms with van der Waals surface area (Å²) in [6, 6.07) is 13.7. The van der Waals surface area contributed by atoms with Crippen LogP contribution in [0.1, 0.15) is 52.7 Å². The first kappa shape index (κ1) is 18.2. The topological polar surface area (TPSA) is 45.0 Å². The summed E-state index contributed by atoms with van der Waals surface area (Å²) in [4.78, 5) is 0. The first-order valence-corrected chi connectivity index (χ1v) is 8.39. The van der Waals surface area contributed by atoms with Gasteiger partial charge in [0.05, 0.1) is 5.69 Å². The lowest BCUT2D eigenvalue weighted by molar-refractivity contribution is 0.409. The van der Waals surface area contributed by atoms with Gasteiger partial charge in [0, 0.05) is 0 Å². The molecule has 0 saturated carbocycles. The molecule has 3 nitrogen and oxygen atoms in total. The van der Waals surface area contributed by atoms with Crippen LogP contribution in [-0.4, -0.2) is 5.11 Å². The maximum absolute atomic E-state index is 10.2. The van der Waals surface area contributed by atoms with Gasteiger partial charge in [-0.2, -0.15) is 5.11 Å². The van der Waals surface area contributed by atoms with Crippen molar-refractivity contribution in [3.8, 4) is 5.75 Å². The van der Waals surface area contributed by atoms with E-state index in [2.05, 4.69) is 63.9 Å². The van der Waals surface area contributed by atoms with Crippen LogP contribution in [0, 0.1) is 5.41 Å². The van der Waals surface area contributed by atoms with E-state index < -0.39 is 0 Å². The Hall–Kier alpha value is -2.16. The Morgan fingerprint density at radius 2 is 1.46 bits per heavy atom. The number of hydrogen-bond donors (Lipinski definition) is 1. The molecule has 1 N–H and O–H groups in total. The molecule has 0 aliphatic heterocycles. The Morgan fingerprint density at radius 1 is 0.833 bits per heavy atom. The molecule has 0 unspecified atom stereocenters. The van der Waals surface area contributed by atoms with Crippen LogP contribution < -0.4 is 0 Å². The molecule has 0 aliphatic rings. The van der Waals surface area contributed by atoms with Gasteiger partial charge in [0.25, 0.3) is 0 Å². The Bertz CT molecular complexity index is 717. The average Bonchev–Trinajstić information content (AvgIpc) is 2.44. The predicted molar refractivity (Wildman–Crippen MR) is 101 cm³/mol. The molecule has 2 aromatic carbocycles. The van der Waals surface area contributed by atoms with E-state index in [9.17, 15) is 5.11 Å². The fourth-order valence-electron chi connectivity index (χ4n) is 2.52. The van der Waals surface area contributed by atoms with E-state index in [1.54, 1.807) is 6.07 Å². The van der Waals surface area contributed by atoms with Crippen molar-refractivity contribution in [2.75, 3.05) is 0 Å². The minimum atomic E-state index is 0.122. The second kappa shape index (κ2) is 6.76. The first-order valence-electron chi connectivity index (χ1n) is 8.39. The van der Waals surface area contributed by atoms with Gasteiger partial charge in [-0.05, 0) is 52.6 Å². The molecule has 0 saturated heterocycles. The Kier molecular flexibility index (Phi) is 5.12. The molecule has 0 aliphatic carbocycles. The molecular weight excluding hydrogens is 296 g/mol. The number of hydrogen-bond acceptors (Lipinski definition) is 3. The van der Waals surface area contributed by atoms with Crippen LogP contribution in [0.5, 0.6) is 5.75 Å². The van der Waals surface area contributed by atoms with E-state index in [0.29, 0.717) is 5.69 Å². The highest BCUT2D eigenvalue weighted by Crippen LogP contribution is 2.32. The van der Waals surface area contributed by atoms with Gasteiger partial charge < -0.3 is 5.11 Å². The van der Waals surface area contributed by atoms with Crippen LogP contribution in [0.2, 0.25) is 0 Å². The van der Waals surface area contributed by atoms with Crippen molar-refractivity contribution >= 4 is 11.4 Å². The van der Waals surface area contributed by atoms with Crippen LogP contribution >= 0.6 is 0 Å². The van der Waals surface area contributed by atoms with Gasteiger partial charge in [0.15, 0.2) is 0 Å². The lowest BCUT2D eigenvalue weighted by Gasteiger charge is -2.18. The molecule has 0 radical (unpaired) electrons. The normalized spacial score (nSPS) is 12.8. The number of nitrogens with zero attached hydrogens (tertiary/aromatic N) is 2. The van der Waals surface area contributed by atoms with E-state index in [-0.39, 0.29) is 16.6 Å². The molecule has 0 bridgehead atoms. The van der Waals surface area contributed by atoms with Crippen LogP contribution in [0.3, 0.4) is 0 Å². The van der Waals surface area contributed by atoms with Gasteiger partial charge in [-0.1, -0.05) is 59.7 Å². The van der Waals surface area contributed by atoms with E-state index in [1.807, 2.05) is 24.3 Å². The summed E-state index contributed by atoms with van der Waals surface area (Å²) in [6.07, 6.45) is 0.909. The molecule has 24 heavy (non-hydrogen) atoms. The van der Waals surface area contributed by atoms with Gasteiger partial charge >= 0.3 is 0 Å². The zero-order chi connectivity index (χ0) is 18.0. The van der Waals surface area contributed by atoms with Crippen molar-refractivity contribution in [3.05, 3.63) is 53.6 Å². The second-order valence-corrected chi connectivity index (χ2v) is 8.56. The van der Waals surface area contributed by atoms with Gasteiger partial charge in [0.2, 0.25) is 0 Å². The molecule has 0 spiro atoms. The van der Waals surface area contributed by atoms with Crippen LogP contribution in [0.4, 0.5) is 11.4 Å². The molecule has 0 aromatic heterocycles. The molecule has 0 fully saturated rings. The van der Waals surface area contributed by atoms with E-state index in [4.69, 9.17) is 0 Å². The highest BCUT2D eigenvalue weighted by Gasteiger charge is 2.13. The largest absolute Gasteiger partial charge is 0.506 e. The quantitative estimate of drug-likeness (QED) is 0.628. The van der Waals surface area contributed by atoms with Crippen molar-refractivity contribution in [2.24, 2.45) is 15.6 Å². The van der Waals surface area contributed by atoms with Gasteiger partial charge in [-0.3, -0.25) is 0 Å². The summed E-state index contributed by atoms with van der Waals surface area (Å²) < 4.78 is 0. The smallest absolute Gasteiger partial charge is 0.143 e. The average molecular weight is 324 g/mol. The summed E-state index contributed by atoms with van der Waals surface area (Å²) >= 11 is 0. The van der Waals surface area contributed by atoms with E-state index in [0.717, 1.165) is 17.7 Å². The molecule has 3 heteroatoms. The van der Waals surface area contributed by atoms with Crippen molar-refractivity contribution in [1.82, 2.24) is 0 Å². The SMILES string of the molecule is CC(C)(C)Cc1ccc(/N=N/c2ccc(C(C)(C)C)cc2)c(O)c1. The Balaban J connectivity index is 2.14. The fourth-order valence-corrected chi connectivity index (χ4v) is 2.52. The molecule has 0 heterocycles. The van der Waals surface area contributed by atoms with Crippen LogP contribution in [-0.2, 0) is 11.8 Å². The fraction of sp³-hybridized carbons (Fsp3) is 0.429. The van der Waals surface area contributed by atoms with E-state index >= 15 is 0 Å². The number of aromatic hydroxyl groups is 1. The highest BCUT2D eigenvalue weighted by atomic mass is 16.3. The van der Waals surface area contributed by atoms with Crippen molar-refractivity contribution in [2.45, 2.75) is 53.4 Å². The van der Waals surface area contributed by atoms with Gasteiger partial charge in [-0.15, -0.1) is 5.11 Å². The summed E-state index contributed by atoms with van der Waals surface area (Å²) in [5.41, 5.74) is 3.94. The zero-order valence-corrected chi connectivity index (χ0v) is 15.6. The zero-order valence-electron chi connectivity index (χ0n) is 15.6. The third-order valence-corrected chi connectivity index (χ3v) is 3.78. The highest BCUT2D eigenvalue weighted by molar-refractivity contribution is 5.52. The second-order valence-electron chi connectivity index (χ2n) is 8.56. The monoisotopic (exact) mass is 324 g/mol. The lowest BCUT2D eigenvalue weighted by Crippen LogP contribution is -2.10. The Labute approximate surface area is 145 Å². The number of azo groups is 1. The van der Waals surface area contributed by atoms with Gasteiger partial charge in [0.1, 0.15) is 11.4 Å². The molecule has 0 amide bonds. The van der Waals surface area contributed by atoms with Gasteiger partial charge in [-0.25, -0.2) is 0 Å². The number of phenolic OH excluding ortho intramolecular Hbond substituents is 1. The lowest BCUT2D eigenvalue weighted by atomic mass is 9.87. The molecule has 2 rings (SSSR count). The van der Waals surface area contributed by atoms with Crippen molar-refractivity contribution in [3.63, 3.8) is 0 Å². The van der Waals surface area contributed by atoms with Crippen molar-refractivity contribution in [1.29, 1.82) is 0 Å². The van der Waals surface area contributed by atoms with E-state index in [1.165, 1.54) is 5.56 Å². The third kappa shape index (κ3) is 5.19. The Morgan fingerprint density at radius 3 is 1.96 bits per heavy atom. The standard InChI is InChI=1S/C21H28N2O/c1-20(2,3)14-15-7-12-18(19(24)13-15)23-22-17-10-8-16(9-11-17)21(4,5)6/h7-13,24H,14H2,1-6H3/b23-22+. The maximum Gasteiger partial charge on any atom is 0.143 e. The van der Waals surface area contributed by atoms with Crippen LogP contribution in [0.15, 0.2) is 52.7 Å².